The highest BCUT2D eigenvalue weighted by molar-refractivity contribution is 5.79. The minimum absolute atomic E-state index is 0.159. The topological polar surface area (TPSA) is 42.4 Å². The summed E-state index contributed by atoms with van der Waals surface area (Å²) in [6.07, 6.45) is 2.66. The van der Waals surface area contributed by atoms with E-state index < -0.39 is 0 Å². The maximum atomic E-state index is 12.4. The van der Waals surface area contributed by atoms with Crippen molar-refractivity contribution in [2.45, 2.75) is 46.6 Å². The highest BCUT2D eigenvalue weighted by Gasteiger charge is 2.25. The number of hydrogen-bond donors (Lipinski definition) is 0. The average Bonchev–Trinajstić information content (AvgIpc) is 2.48. The molecule has 0 unspecified atom stereocenters. The maximum absolute atomic E-state index is 12.4. The van der Waals surface area contributed by atoms with Crippen LogP contribution in [-0.2, 0) is 17.8 Å². The number of fused-ring (bicyclic) bond motifs is 1. The summed E-state index contributed by atoms with van der Waals surface area (Å²) in [5.41, 5.74) is 2.23. The summed E-state index contributed by atoms with van der Waals surface area (Å²) in [4.78, 5) is 18.9. The molecule has 1 aromatic heterocycles. The van der Waals surface area contributed by atoms with E-state index in [9.17, 15) is 4.79 Å². The first-order valence-corrected chi connectivity index (χ1v) is 7.59. The zero-order valence-electron chi connectivity index (χ0n) is 12.7. The predicted molar refractivity (Wildman–Crippen MR) is 78.6 cm³/mol. The van der Waals surface area contributed by atoms with Crippen LogP contribution in [0.1, 0.15) is 44.9 Å². The van der Waals surface area contributed by atoms with E-state index in [1.54, 1.807) is 0 Å². The normalized spacial score (nSPS) is 14.3. The third-order valence-corrected chi connectivity index (χ3v) is 3.96. The monoisotopic (exact) mass is 276 g/mol. The van der Waals surface area contributed by atoms with Gasteiger partial charge < -0.3 is 9.64 Å². The second-order valence-corrected chi connectivity index (χ2v) is 5.21. The zero-order chi connectivity index (χ0) is 14.5. The summed E-state index contributed by atoms with van der Waals surface area (Å²) in [7, 11) is 0. The van der Waals surface area contributed by atoms with E-state index in [1.165, 1.54) is 0 Å². The predicted octanol–water partition coefficient (Wildman–Crippen LogP) is 2.80. The van der Waals surface area contributed by atoms with E-state index >= 15 is 0 Å². The number of ether oxygens (including phenoxy) is 1. The van der Waals surface area contributed by atoms with E-state index in [0.29, 0.717) is 19.0 Å². The average molecular weight is 276 g/mol. The summed E-state index contributed by atoms with van der Waals surface area (Å²) in [5, 5.41) is 0. The number of hydrogen-bond acceptors (Lipinski definition) is 3. The molecule has 1 aliphatic heterocycles. The van der Waals surface area contributed by atoms with Gasteiger partial charge in [0.1, 0.15) is 0 Å². The van der Waals surface area contributed by atoms with Crippen molar-refractivity contribution in [1.29, 1.82) is 0 Å². The number of aromatic nitrogens is 1. The van der Waals surface area contributed by atoms with Crippen molar-refractivity contribution in [3.05, 3.63) is 23.4 Å². The molecule has 110 valence electrons. The SMILES string of the molecule is CCOc1ccc2c(n1)CCN(C(=O)C(CC)CC)C2. The molecule has 0 aliphatic carbocycles. The molecule has 1 aliphatic rings. The van der Waals surface area contributed by atoms with Gasteiger partial charge in [0, 0.05) is 31.5 Å². The molecule has 20 heavy (non-hydrogen) atoms. The fraction of sp³-hybridized carbons (Fsp3) is 0.625. The van der Waals surface area contributed by atoms with E-state index in [1.807, 2.05) is 24.0 Å². The van der Waals surface area contributed by atoms with Crippen LogP contribution in [0.25, 0.3) is 0 Å². The van der Waals surface area contributed by atoms with Crippen LogP contribution < -0.4 is 4.74 Å². The Labute approximate surface area is 121 Å². The fourth-order valence-corrected chi connectivity index (χ4v) is 2.71. The number of carbonyl (C=O) groups excluding carboxylic acids is 1. The molecule has 1 aromatic rings. The van der Waals surface area contributed by atoms with Crippen LogP contribution in [0.4, 0.5) is 0 Å². The number of nitrogens with zero attached hydrogens (tertiary/aromatic N) is 2. The molecular weight excluding hydrogens is 252 g/mol. The van der Waals surface area contributed by atoms with Gasteiger partial charge in [-0.3, -0.25) is 4.79 Å². The number of rotatable bonds is 5. The number of amides is 1. The third kappa shape index (κ3) is 3.11. The van der Waals surface area contributed by atoms with Gasteiger partial charge in [0.2, 0.25) is 11.8 Å². The van der Waals surface area contributed by atoms with Crippen molar-refractivity contribution in [3.8, 4) is 5.88 Å². The van der Waals surface area contributed by atoms with Crippen molar-refractivity contribution in [1.82, 2.24) is 9.88 Å². The summed E-state index contributed by atoms with van der Waals surface area (Å²) in [5.74, 6) is 1.13. The molecule has 4 nitrogen and oxygen atoms in total. The Morgan fingerprint density at radius 1 is 1.35 bits per heavy atom. The van der Waals surface area contributed by atoms with Gasteiger partial charge in [0.25, 0.3) is 0 Å². The highest BCUT2D eigenvalue weighted by Crippen LogP contribution is 2.23. The summed E-state index contributed by atoms with van der Waals surface area (Å²) in [6.45, 7) is 8.21. The molecule has 0 atom stereocenters. The molecule has 0 bridgehead atoms. The molecule has 0 saturated carbocycles. The van der Waals surface area contributed by atoms with Crippen LogP contribution in [0.3, 0.4) is 0 Å². The smallest absolute Gasteiger partial charge is 0.225 e. The Hall–Kier alpha value is -1.58. The molecule has 2 rings (SSSR count). The van der Waals surface area contributed by atoms with Gasteiger partial charge >= 0.3 is 0 Å². The van der Waals surface area contributed by atoms with Gasteiger partial charge in [-0.15, -0.1) is 0 Å². The lowest BCUT2D eigenvalue weighted by atomic mass is 9.99. The van der Waals surface area contributed by atoms with Crippen LogP contribution in [0, 0.1) is 5.92 Å². The molecule has 2 heterocycles. The van der Waals surface area contributed by atoms with Gasteiger partial charge in [-0.25, -0.2) is 4.98 Å². The molecule has 0 aromatic carbocycles. The van der Waals surface area contributed by atoms with Gasteiger partial charge in [0.05, 0.1) is 12.3 Å². The van der Waals surface area contributed by atoms with Crippen molar-refractivity contribution in [2.75, 3.05) is 13.2 Å². The van der Waals surface area contributed by atoms with Crippen molar-refractivity contribution in [2.24, 2.45) is 5.92 Å². The number of pyridine rings is 1. The lowest BCUT2D eigenvalue weighted by molar-refractivity contribution is -0.136. The van der Waals surface area contributed by atoms with Crippen LogP contribution in [-0.4, -0.2) is 28.9 Å². The summed E-state index contributed by atoms with van der Waals surface area (Å²) < 4.78 is 5.43. The Morgan fingerprint density at radius 3 is 2.75 bits per heavy atom. The minimum Gasteiger partial charge on any atom is -0.478 e. The molecular formula is C16H24N2O2. The zero-order valence-corrected chi connectivity index (χ0v) is 12.7. The molecule has 1 amide bonds. The molecule has 0 spiro atoms. The van der Waals surface area contributed by atoms with Crippen molar-refractivity contribution >= 4 is 5.91 Å². The van der Waals surface area contributed by atoms with Gasteiger partial charge in [-0.2, -0.15) is 0 Å². The molecule has 0 N–H and O–H groups in total. The first-order chi connectivity index (χ1) is 9.69. The summed E-state index contributed by atoms with van der Waals surface area (Å²) >= 11 is 0. The Morgan fingerprint density at radius 2 is 2.10 bits per heavy atom. The van der Waals surface area contributed by atoms with Gasteiger partial charge in [0.15, 0.2) is 0 Å². The maximum Gasteiger partial charge on any atom is 0.225 e. The first-order valence-electron chi connectivity index (χ1n) is 7.59. The first kappa shape index (κ1) is 14.8. The van der Waals surface area contributed by atoms with Gasteiger partial charge in [-0.1, -0.05) is 19.9 Å². The molecule has 0 radical (unpaired) electrons. The van der Waals surface area contributed by atoms with E-state index in [4.69, 9.17) is 4.74 Å². The lowest BCUT2D eigenvalue weighted by Gasteiger charge is -2.31. The van der Waals surface area contributed by atoms with E-state index in [0.717, 1.165) is 37.1 Å². The Kier molecular flexibility index (Phi) is 4.99. The molecule has 0 saturated heterocycles. The quantitative estimate of drug-likeness (QED) is 0.830. The van der Waals surface area contributed by atoms with Crippen molar-refractivity contribution < 1.29 is 9.53 Å². The Balaban J connectivity index is 2.09. The van der Waals surface area contributed by atoms with Crippen LogP contribution in [0.2, 0.25) is 0 Å². The second-order valence-electron chi connectivity index (χ2n) is 5.21. The lowest BCUT2D eigenvalue weighted by Crippen LogP contribution is -2.39. The van der Waals surface area contributed by atoms with Crippen LogP contribution in [0.5, 0.6) is 5.88 Å². The molecule has 4 heteroatoms. The van der Waals surface area contributed by atoms with Crippen LogP contribution in [0.15, 0.2) is 12.1 Å². The molecule has 0 fully saturated rings. The standard InChI is InChI=1S/C16H24N2O2/c1-4-12(5-2)16(19)18-10-9-14-13(11-18)7-8-15(17-14)20-6-3/h7-8,12H,4-6,9-11H2,1-3H3. The summed E-state index contributed by atoms with van der Waals surface area (Å²) in [6, 6.07) is 3.94. The number of carbonyl (C=O) groups is 1. The van der Waals surface area contributed by atoms with E-state index in [-0.39, 0.29) is 11.8 Å². The Bertz CT molecular complexity index is 470. The van der Waals surface area contributed by atoms with E-state index in [2.05, 4.69) is 18.8 Å². The van der Waals surface area contributed by atoms with Crippen LogP contribution >= 0.6 is 0 Å². The van der Waals surface area contributed by atoms with Crippen molar-refractivity contribution in [3.63, 3.8) is 0 Å². The fourth-order valence-electron chi connectivity index (χ4n) is 2.71. The highest BCUT2D eigenvalue weighted by atomic mass is 16.5. The van der Waals surface area contributed by atoms with Gasteiger partial charge in [-0.05, 0) is 25.3 Å². The largest absolute Gasteiger partial charge is 0.478 e. The second kappa shape index (κ2) is 6.73. The minimum atomic E-state index is 0.159. The third-order valence-electron chi connectivity index (χ3n) is 3.96.